The predicted octanol–water partition coefficient (Wildman–Crippen LogP) is 2.23. The van der Waals surface area contributed by atoms with E-state index in [2.05, 4.69) is 39.6 Å². The van der Waals surface area contributed by atoms with Gasteiger partial charge in [-0.15, -0.1) is 0 Å². The lowest BCUT2D eigenvalue weighted by Crippen LogP contribution is -2.40. The zero-order valence-corrected chi connectivity index (χ0v) is 12.6. The van der Waals surface area contributed by atoms with E-state index in [0.717, 1.165) is 25.8 Å². The fourth-order valence-corrected chi connectivity index (χ4v) is 1.82. The van der Waals surface area contributed by atoms with Crippen LogP contribution in [0.3, 0.4) is 0 Å². The maximum Gasteiger partial charge on any atom is 0.0741 e. The molecular weight excluding hydrogens is 212 g/mol. The zero-order chi connectivity index (χ0) is 13.7. The van der Waals surface area contributed by atoms with Crippen LogP contribution in [-0.2, 0) is 0 Å². The average molecular weight is 244 g/mol. The first-order valence-corrected chi connectivity index (χ1v) is 6.73. The molecule has 3 N–H and O–H groups in total. The van der Waals surface area contributed by atoms with Crippen LogP contribution in [0.2, 0.25) is 0 Å². The summed E-state index contributed by atoms with van der Waals surface area (Å²) in [6.45, 7) is 12.3. The van der Waals surface area contributed by atoms with E-state index in [-0.39, 0.29) is 0 Å². The van der Waals surface area contributed by atoms with E-state index in [1.165, 1.54) is 0 Å². The summed E-state index contributed by atoms with van der Waals surface area (Å²) in [4.78, 5) is 2.40. The molecule has 0 aliphatic carbocycles. The van der Waals surface area contributed by atoms with E-state index in [1.807, 2.05) is 6.92 Å². The van der Waals surface area contributed by atoms with Crippen LogP contribution in [0.5, 0.6) is 0 Å². The van der Waals surface area contributed by atoms with Crippen molar-refractivity contribution in [3.05, 3.63) is 0 Å². The van der Waals surface area contributed by atoms with E-state index in [4.69, 9.17) is 5.73 Å². The quantitative estimate of drug-likeness (QED) is 0.675. The highest BCUT2D eigenvalue weighted by atomic mass is 16.3. The van der Waals surface area contributed by atoms with Gasteiger partial charge in [-0.05, 0) is 52.1 Å². The van der Waals surface area contributed by atoms with E-state index < -0.39 is 5.60 Å². The van der Waals surface area contributed by atoms with Crippen molar-refractivity contribution in [3.8, 4) is 0 Å². The Bertz CT molecular complexity index is 209. The van der Waals surface area contributed by atoms with Gasteiger partial charge in [-0.3, -0.25) is 0 Å². The molecule has 0 radical (unpaired) electrons. The molecule has 0 fully saturated rings. The van der Waals surface area contributed by atoms with E-state index >= 15 is 0 Å². The molecule has 104 valence electrons. The summed E-state index contributed by atoms with van der Waals surface area (Å²) in [5, 5.41) is 9.79. The fraction of sp³-hybridized carbons (Fsp3) is 1.00. The van der Waals surface area contributed by atoms with Gasteiger partial charge < -0.3 is 15.7 Å². The van der Waals surface area contributed by atoms with Gasteiger partial charge in [0.15, 0.2) is 0 Å². The first kappa shape index (κ1) is 16.9. The van der Waals surface area contributed by atoms with Gasteiger partial charge in [0.1, 0.15) is 0 Å². The Morgan fingerprint density at radius 2 is 1.71 bits per heavy atom. The molecule has 3 heteroatoms. The smallest absolute Gasteiger partial charge is 0.0741 e. The standard InChI is InChI=1S/C14H32N2O/c1-12(13(2,3)4)16(6)10-8-7-9-14(5,17)11-15/h12,17H,7-11,15H2,1-6H3. The second-order valence-electron chi connectivity index (χ2n) is 6.68. The molecular formula is C14H32N2O. The number of hydrogen-bond donors (Lipinski definition) is 2. The Morgan fingerprint density at radius 3 is 2.12 bits per heavy atom. The van der Waals surface area contributed by atoms with Crippen molar-refractivity contribution < 1.29 is 5.11 Å². The molecule has 0 bridgehead atoms. The Balaban J connectivity index is 3.83. The summed E-state index contributed by atoms with van der Waals surface area (Å²) in [5.74, 6) is 0. The highest BCUT2D eigenvalue weighted by Crippen LogP contribution is 2.23. The third-order valence-electron chi connectivity index (χ3n) is 3.83. The van der Waals surface area contributed by atoms with Gasteiger partial charge in [-0.2, -0.15) is 0 Å². The van der Waals surface area contributed by atoms with Crippen LogP contribution in [-0.4, -0.2) is 41.8 Å². The van der Waals surface area contributed by atoms with Gasteiger partial charge in [-0.25, -0.2) is 0 Å². The summed E-state index contributed by atoms with van der Waals surface area (Å²) < 4.78 is 0. The van der Waals surface area contributed by atoms with Crippen molar-refractivity contribution >= 4 is 0 Å². The van der Waals surface area contributed by atoms with Crippen molar-refractivity contribution in [2.24, 2.45) is 11.1 Å². The summed E-state index contributed by atoms with van der Waals surface area (Å²) in [6.07, 6.45) is 2.94. The molecule has 0 aromatic heterocycles. The largest absolute Gasteiger partial charge is 0.389 e. The highest BCUT2D eigenvalue weighted by molar-refractivity contribution is 4.78. The van der Waals surface area contributed by atoms with Crippen LogP contribution < -0.4 is 5.73 Å². The van der Waals surface area contributed by atoms with E-state index in [1.54, 1.807) is 0 Å². The van der Waals surface area contributed by atoms with Gasteiger partial charge in [0.05, 0.1) is 5.60 Å². The molecule has 0 aromatic rings. The van der Waals surface area contributed by atoms with Gasteiger partial charge in [0, 0.05) is 12.6 Å². The molecule has 0 amide bonds. The number of unbranched alkanes of at least 4 members (excludes halogenated alkanes) is 1. The molecule has 0 aliphatic heterocycles. The van der Waals surface area contributed by atoms with Crippen LogP contribution in [0.15, 0.2) is 0 Å². The van der Waals surface area contributed by atoms with Gasteiger partial charge in [0.2, 0.25) is 0 Å². The zero-order valence-electron chi connectivity index (χ0n) is 12.6. The number of hydrogen-bond acceptors (Lipinski definition) is 3. The Hall–Kier alpha value is -0.120. The van der Waals surface area contributed by atoms with Crippen LogP contribution in [0.25, 0.3) is 0 Å². The Morgan fingerprint density at radius 1 is 1.18 bits per heavy atom. The van der Waals surface area contributed by atoms with E-state index in [0.29, 0.717) is 18.0 Å². The molecule has 0 saturated carbocycles. The van der Waals surface area contributed by atoms with Crippen molar-refractivity contribution in [2.45, 2.75) is 65.5 Å². The van der Waals surface area contributed by atoms with Crippen molar-refractivity contribution in [1.29, 1.82) is 0 Å². The molecule has 0 aliphatic rings. The van der Waals surface area contributed by atoms with Crippen molar-refractivity contribution in [3.63, 3.8) is 0 Å². The number of aliphatic hydroxyl groups is 1. The predicted molar refractivity (Wildman–Crippen MR) is 75.1 cm³/mol. The van der Waals surface area contributed by atoms with Crippen molar-refractivity contribution in [2.75, 3.05) is 20.1 Å². The summed E-state index contributed by atoms with van der Waals surface area (Å²) in [5.41, 5.74) is 5.12. The van der Waals surface area contributed by atoms with Crippen LogP contribution in [0, 0.1) is 5.41 Å². The van der Waals surface area contributed by atoms with Gasteiger partial charge in [-0.1, -0.05) is 20.8 Å². The maximum absolute atomic E-state index is 9.79. The summed E-state index contributed by atoms with van der Waals surface area (Å²) in [6, 6.07) is 0.567. The summed E-state index contributed by atoms with van der Waals surface area (Å²) in [7, 11) is 2.18. The minimum Gasteiger partial charge on any atom is -0.389 e. The first-order chi connectivity index (χ1) is 7.60. The lowest BCUT2D eigenvalue weighted by molar-refractivity contribution is 0.0552. The molecule has 0 heterocycles. The van der Waals surface area contributed by atoms with Crippen LogP contribution in [0.1, 0.15) is 53.9 Å². The third kappa shape index (κ3) is 7.02. The lowest BCUT2D eigenvalue weighted by atomic mass is 9.87. The van der Waals surface area contributed by atoms with Gasteiger partial charge >= 0.3 is 0 Å². The fourth-order valence-electron chi connectivity index (χ4n) is 1.82. The number of rotatable bonds is 7. The normalized spacial score (nSPS) is 18.2. The molecule has 0 spiro atoms. The maximum atomic E-state index is 9.79. The van der Waals surface area contributed by atoms with E-state index in [9.17, 15) is 5.11 Å². The molecule has 2 atom stereocenters. The molecule has 17 heavy (non-hydrogen) atoms. The Labute approximate surface area is 107 Å². The minimum absolute atomic E-state index is 0.317. The second-order valence-corrected chi connectivity index (χ2v) is 6.68. The highest BCUT2D eigenvalue weighted by Gasteiger charge is 2.23. The topological polar surface area (TPSA) is 49.5 Å². The minimum atomic E-state index is -0.686. The molecule has 0 saturated heterocycles. The average Bonchev–Trinajstić information content (AvgIpc) is 2.21. The lowest BCUT2D eigenvalue weighted by Gasteiger charge is -2.35. The van der Waals surface area contributed by atoms with Crippen LogP contribution >= 0.6 is 0 Å². The first-order valence-electron chi connectivity index (χ1n) is 6.73. The summed E-state index contributed by atoms with van der Waals surface area (Å²) >= 11 is 0. The van der Waals surface area contributed by atoms with Gasteiger partial charge in [0.25, 0.3) is 0 Å². The number of nitrogens with zero attached hydrogens (tertiary/aromatic N) is 1. The Kier molecular flexibility index (Phi) is 6.67. The molecule has 2 unspecified atom stereocenters. The molecule has 0 rings (SSSR count). The SMILES string of the molecule is CC(N(C)CCCCC(C)(O)CN)C(C)(C)C. The number of nitrogens with two attached hydrogens (primary N) is 1. The van der Waals surface area contributed by atoms with Crippen LogP contribution in [0.4, 0.5) is 0 Å². The molecule has 0 aromatic carbocycles. The molecule has 3 nitrogen and oxygen atoms in total. The second kappa shape index (κ2) is 6.72. The van der Waals surface area contributed by atoms with Crippen molar-refractivity contribution in [1.82, 2.24) is 4.90 Å². The monoisotopic (exact) mass is 244 g/mol. The third-order valence-corrected chi connectivity index (χ3v) is 3.83.